The van der Waals surface area contributed by atoms with Gasteiger partial charge in [-0.2, -0.15) is 5.10 Å². The lowest BCUT2D eigenvalue weighted by Crippen LogP contribution is -2.28. The lowest BCUT2D eigenvalue weighted by molar-refractivity contribution is -0.136. The first-order valence-corrected chi connectivity index (χ1v) is 7.11. The van der Waals surface area contributed by atoms with Crippen molar-refractivity contribution < 1.29 is 14.2 Å². The number of anilines is 1. The Morgan fingerprint density at radius 1 is 1.62 bits per heavy atom. The van der Waals surface area contributed by atoms with Gasteiger partial charge in [-0.1, -0.05) is 11.6 Å². The molecule has 1 fully saturated rings. The Bertz CT molecular complexity index is 547. The van der Waals surface area contributed by atoms with Crippen molar-refractivity contribution in [2.24, 2.45) is 0 Å². The van der Waals surface area contributed by atoms with E-state index in [-0.39, 0.29) is 16.7 Å². The molecule has 1 aliphatic heterocycles. The highest BCUT2D eigenvalue weighted by molar-refractivity contribution is 6.32. The fraction of sp³-hybridized carbons (Fsp3) is 0.692. The summed E-state index contributed by atoms with van der Waals surface area (Å²) in [7, 11) is 1.56. The topological polar surface area (TPSA) is 74.6 Å². The van der Waals surface area contributed by atoms with E-state index in [0.29, 0.717) is 32.0 Å². The molecule has 118 valence electrons. The molecule has 1 unspecified atom stereocenters. The van der Waals surface area contributed by atoms with E-state index in [0.717, 1.165) is 0 Å². The molecule has 1 saturated heterocycles. The second kappa shape index (κ2) is 6.74. The molecule has 0 spiro atoms. The quantitative estimate of drug-likeness (QED) is 0.847. The standard InChI is InChI=1S/C13H20ClN3O4/c1-13(2)20-8-9(21-13)6-15-10-7-16-17(4-5-19-3)12(18)11(10)14/h7,9,15H,4-6,8H2,1-3H3. The second-order valence-corrected chi connectivity index (χ2v) is 5.60. The Kier molecular flexibility index (Phi) is 5.21. The highest BCUT2D eigenvalue weighted by Crippen LogP contribution is 2.23. The number of methoxy groups -OCH3 is 1. The minimum Gasteiger partial charge on any atom is -0.383 e. The van der Waals surface area contributed by atoms with Crippen LogP contribution >= 0.6 is 11.6 Å². The van der Waals surface area contributed by atoms with E-state index in [4.69, 9.17) is 25.8 Å². The molecule has 0 radical (unpaired) electrons. The maximum absolute atomic E-state index is 12.0. The third kappa shape index (κ3) is 4.16. The van der Waals surface area contributed by atoms with Gasteiger partial charge in [0, 0.05) is 13.7 Å². The molecule has 8 heteroatoms. The fourth-order valence-electron chi connectivity index (χ4n) is 2.01. The molecule has 1 N–H and O–H groups in total. The van der Waals surface area contributed by atoms with E-state index in [1.165, 1.54) is 10.9 Å². The van der Waals surface area contributed by atoms with Crippen LogP contribution in [0, 0.1) is 0 Å². The number of hydrogen-bond donors (Lipinski definition) is 1. The maximum Gasteiger partial charge on any atom is 0.287 e. The number of hydrogen-bond acceptors (Lipinski definition) is 6. The SMILES string of the molecule is COCCn1ncc(NCC2COC(C)(C)O2)c(Cl)c1=O. The third-order valence-electron chi connectivity index (χ3n) is 3.08. The number of nitrogens with one attached hydrogen (secondary N) is 1. The average molecular weight is 318 g/mol. The molecule has 21 heavy (non-hydrogen) atoms. The smallest absolute Gasteiger partial charge is 0.287 e. The predicted molar refractivity (Wildman–Crippen MR) is 78.8 cm³/mol. The van der Waals surface area contributed by atoms with Crippen molar-refractivity contribution >= 4 is 17.3 Å². The molecule has 0 saturated carbocycles. The molecule has 0 aliphatic carbocycles. The summed E-state index contributed by atoms with van der Waals surface area (Å²) in [5.41, 5.74) is 0.145. The van der Waals surface area contributed by atoms with E-state index in [2.05, 4.69) is 10.4 Å². The highest BCUT2D eigenvalue weighted by atomic mass is 35.5. The zero-order valence-electron chi connectivity index (χ0n) is 12.4. The minimum atomic E-state index is -0.571. The number of nitrogens with zero attached hydrogens (tertiary/aromatic N) is 2. The Hall–Kier alpha value is -1.15. The highest BCUT2D eigenvalue weighted by Gasteiger charge is 2.32. The van der Waals surface area contributed by atoms with Gasteiger partial charge in [0.1, 0.15) is 11.1 Å². The molecule has 1 aromatic rings. The van der Waals surface area contributed by atoms with Crippen LogP contribution in [0.5, 0.6) is 0 Å². The molecule has 2 rings (SSSR count). The Labute approximate surface area is 128 Å². The summed E-state index contributed by atoms with van der Waals surface area (Å²) in [5.74, 6) is -0.571. The van der Waals surface area contributed by atoms with Crippen LogP contribution in [-0.2, 0) is 20.8 Å². The summed E-state index contributed by atoms with van der Waals surface area (Å²) in [6.45, 7) is 5.47. The zero-order chi connectivity index (χ0) is 15.5. The minimum absolute atomic E-state index is 0.0908. The molecular weight excluding hydrogens is 298 g/mol. The van der Waals surface area contributed by atoms with Gasteiger partial charge in [0.15, 0.2) is 5.79 Å². The van der Waals surface area contributed by atoms with Crippen molar-refractivity contribution in [1.82, 2.24) is 9.78 Å². The molecule has 1 atom stereocenters. The van der Waals surface area contributed by atoms with Crippen LogP contribution in [-0.4, -0.2) is 48.5 Å². The van der Waals surface area contributed by atoms with Gasteiger partial charge in [-0.3, -0.25) is 4.79 Å². The van der Waals surface area contributed by atoms with Gasteiger partial charge in [-0.15, -0.1) is 0 Å². The normalized spacial score (nSPS) is 20.7. The molecular formula is C13H20ClN3O4. The second-order valence-electron chi connectivity index (χ2n) is 5.22. The summed E-state index contributed by atoms with van der Waals surface area (Å²) in [5, 5.41) is 7.24. The maximum atomic E-state index is 12.0. The average Bonchev–Trinajstić information content (AvgIpc) is 2.79. The van der Waals surface area contributed by atoms with Crippen molar-refractivity contribution in [3.63, 3.8) is 0 Å². The van der Waals surface area contributed by atoms with Crippen LogP contribution in [0.3, 0.4) is 0 Å². The predicted octanol–water partition coefficient (Wildman–Crippen LogP) is 1.11. The van der Waals surface area contributed by atoms with Crippen molar-refractivity contribution in [2.75, 3.05) is 32.2 Å². The van der Waals surface area contributed by atoms with Gasteiger partial charge < -0.3 is 19.5 Å². The lowest BCUT2D eigenvalue weighted by atomic mass is 10.3. The number of ether oxygens (including phenoxy) is 3. The number of aromatic nitrogens is 2. The van der Waals surface area contributed by atoms with Gasteiger partial charge in [-0.05, 0) is 13.8 Å². The van der Waals surface area contributed by atoms with Crippen molar-refractivity contribution in [3.8, 4) is 0 Å². The summed E-state index contributed by atoms with van der Waals surface area (Å²) in [6.07, 6.45) is 1.44. The first-order chi connectivity index (χ1) is 9.93. The Morgan fingerprint density at radius 3 is 3.00 bits per heavy atom. The first kappa shape index (κ1) is 16.2. The van der Waals surface area contributed by atoms with Gasteiger partial charge in [0.2, 0.25) is 0 Å². The van der Waals surface area contributed by atoms with Crippen molar-refractivity contribution in [3.05, 3.63) is 21.6 Å². The monoisotopic (exact) mass is 317 g/mol. The summed E-state index contributed by atoms with van der Waals surface area (Å²) >= 11 is 6.07. The van der Waals surface area contributed by atoms with Crippen LogP contribution in [0.25, 0.3) is 0 Å². The van der Waals surface area contributed by atoms with E-state index in [9.17, 15) is 4.79 Å². The molecule has 7 nitrogen and oxygen atoms in total. The van der Waals surface area contributed by atoms with Crippen molar-refractivity contribution in [2.45, 2.75) is 32.3 Å². The Balaban J connectivity index is 1.98. The molecule has 2 heterocycles. The van der Waals surface area contributed by atoms with Gasteiger partial charge in [0.05, 0.1) is 31.6 Å². The van der Waals surface area contributed by atoms with Crippen LogP contribution in [0.1, 0.15) is 13.8 Å². The largest absolute Gasteiger partial charge is 0.383 e. The third-order valence-corrected chi connectivity index (χ3v) is 3.44. The fourth-order valence-corrected chi connectivity index (χ4v) is 2.23. The number of rotatable bonds is 6. The van der Waals surface area contributed by atoms with E-state index in [1.807, 2.05) is 13.8 Å². The summed E-state index contributed by atoms with van der Waals surface area (Å²) < 4.78 is 17.3. The van der Waals surface area contributed by atoms with Gasteiger partial charge in [-0.25, -0.2) is 4.68 Å². The summed E-state index contributed by atoms with van der Waals surface area (Å²) in [4.78, 5) is 12.0. The van der Waals surface area contributed by atoms with Gasteiger partial charge in [0.25, 0.3) is 5.56 Å². The summed E-state index contributed by atoms with van der Waals surface area (Å²) in [6, 6.07) is 0. The van der Waals surface area contributed by atoms with Crippen LogP contribution in [0.2, 0.25) is 5.02 Å². The van der Waals surface area contributed by atoms with Crippen molar-refractivity contribution in [1.29, 1.82) is 0 Å². The number of halogens is 1. The lowest BCUT2D eigenvalue weighted by Gasteiger charge is -2.17. The Morgan fingerprint density at radius 2 is 2.38 bits per heavy atom. The zero-order valence-corrected chi connectivity index (χ0v) is 13.1. The van der Waals surface area contributed by atoms with E-state index < -0.39 is 5.79 Å². The molecule has 0 aromatic carbocycles. The van der Waals surface area contributed by atoms with Crippen LogP contribution in [0.15, 0.2) is 11.0 Å². The van der Waals surface area contributed by atoms with E-state index >= 15 is 0 Å². The molecule has 0 bridgehead atoms. The van der Waals surface area contributed by atoms with Crippen LogP contribution < -0.4 is 10.9 Å². The van der Waals surface area contributed by atoms with Crippen LogP contribution in [0.4, 0.5) is 5.69 Å². The first-order valence-electron chi connectivity index (χ1n) is 6.73. The van der Waals surface area contributed by atoms with Gasteiger partial charge >= 0.3 is 0 Å². The van der Waals surface area contributed by atoms with E-state index in [1.54, 1.807) is 7.11 Å². The molecule has 1 aliphatic rings. The molecule has 0 amide bonds. The molecule has 1 aromatic heterocycles.